The molecule has 0 aliphatic carbocycles. The van der Waals surface area contributed by atoms with Gasteiger partial charge in [-0.1, -0.05) is 11.6 Å². The number of carbonyl (C=O) groups is 1. The number of carbonyl (C=O) groups excluding carboxylic acids is 1. The first-order valence-corrected chi connectivity index (χ1v) is 6.89. The molecular weight excluding hydrogens is 278 g/mol. The zero-order chi connectivity index (χ0) is 14.8. The summed E-state index contributed by atoms with van der Waals surface area (Å²) < 4.78 is 5.61. The van der Waals surface area contributed by atoms with Crippen LogP contribution >= 0.6 is 11.6 Å². The van der Waals surface area contributed by atoms with E-state index in [0.717, 1.165) is 18.8 Å². The topological polar surface area (TPSA) is 53.6 Å². The van der Waals surface area contributed by atoms with Gasteiger partial charge in [0.1, 0.15) is 6.61 Å². The van der Waals surface area contributed by atoms with Crippen LogP contribution in [0.1, 0.15) is 6.92 Å². The highest BCUT2D eigenvalue weighted by Gasteiger charge is 2.33. The molecule has 2 rings (SSSR count). The lowest BCUT2D eigenvalue weighted by molar-refractivity contribution is -0.130. The van der Waals surface area contributed by atoms with E-state index in [2.05, 4.69) is 10.6 Å². The van der Waals surface area contributed by atoms with Crippen molar-refractivity contribution in [2.75, 3.05) is 44.0 Å². The van der Waals surface area contributed by atoms with Crippen LogP contribution in [0.2, 0.25) is 5.02 Å². The molecule has 1 aliphatic rings. The van der Waals surface area contributed by atoms with Crippen LogP contribution in [-0.2, 0) is 9.53 Å². The number of nitrogens with one attached hydrogen (secondary N) is 2. The van der Waals surface area contributed by atoms with Crippen molar-refractivity contribution in [1.82, 2.24) is 5.32 Å². The molecule has 2 N–H and O–H groups in total. The molecule has 1 aliphatic heterocycles. The van der Waals surface area contributed by atoms with Gasteiger partial charge in [0.15, 0.2) is 0 Å². The summed E-state index contributed by atoms with van der Waals surface area (Å²) in [6, 6.07) is 5.40. The minimum atomic E-state index is -0.226. The van der Waals surface area contributed by atoms with Crippen LogP contribution in [0.5, 0.6) is 0 Å². The molecule has 1 aromatic carbocycles. The van der Waals surface area contributed by atoms with Gasteiger partial charge in [-0.15, -0.1) is 0 Å². The number of ether oxygens (including phenoxy) is 1. The van der Waals surface area contributed by atoms with Crippen molar-refractivity contribution < 1.29 is 9.53 Å². The van der Waals surface area contributed by atoms with E-state index in [4.69, 9.17) is 16.3 Å². The first kappa shape index (κ1) is 15.1. The highest BCUT2D eigenvalue weighted by molar-refractivity contribution is 6.31. The Labute approximate surface area is 124 Å². The summed E-state index contributed by atoms with van der Waals surface area (Å²) in [4.78, 5) is 13.9. The lowest BCUT2D eigenvalue weighted by Gasteiger charge is -2.38. The third-order valence-corrected chi connectivity index (χ3v) is 3.50. The SMILES string of the molecule is CN(C)c1ccc(Cl)cc1NC(=O)COC1(C)CNC1. The monoisotopic (exact) mass is 297 g/mol. The molecule has 0 spiro atoms. The lowest BCUT2D eigenvalue weighted by atomic mass is 10.0. The average Bonchev–Trinajstić information content (AvgIpc) is 2.33. The number of benzene rings is 1. The van der Waals surface area contributed by atoms with Crippen LogP contribution in [0, 0.1) is 0 Å². The molecular formula is C14H20ClN3O2. The van der Waals surface area contributed by atoms with Crippen molar-refractivity contribution in [3.63, 3.8) is 0 Å². The Morgan fingerprint density at radius 2 is 2.20 bits per heavy atom. The first-order valence-electron chi connectivity index (χ1n) is 6.51. The van der Waals surface area contributed by atoms with E-state index in [-0.39, 0.29) is 18.1 Å². The van der Waals surface area contributed by atoms with E-state index < -0.39 is 0 Å². The maximum absolute atomic E-state index is 12.0. The maximum atomic E-state index is 12.0. The van der Waals surface area contributed by atoms with Crippen LogP contribution in [-0.4, -0.2) is 45.3 Å². The van der Waals surface area contributed by atoms with E-state index in [1.807, 2.05) is 32.0 Å². The number of hydrogen-bond donors (Lipinski definition) is 2. The van der Waals surface area contributed by atoms with Crippen molar-refractivity contribution in [3.05, 3.63) is 23.2 Å². The Morgan fingerprint density at radius 3 is 2.75 bits per heavy atom. The molecule has 0 atom stereocenters. The molecule has 0 saturated carbocycles. The molecule has 1 fully saturated rings. The summed E-state index contributed by atoms with van der Waals surface area (Å²) in [6.45, 7) is 3.58. The van der Waals surface area contributed by atoms with Crippen molar-refractivity contribution in [1.29, 1.82) is 0 Å². The summed E-state index contributed by atoms with van der Waals surface area (Å²) >= 11 is 5.98. The normalized spacial score (nSPS) is 16.4. The van der Waals surface area contributed by atoms with Crippen LogP contribution in [0.3, 0.4) is 0 Å². The van der Waals surface area contributed by atoms with Gasteiger partial charge in [-0.25, -0.2) is 0 Å². The van der Waals surface area contributed by atoms with E-state index in [9.17, 15) is 4.79 Å². The van der Waals surface area contributed by atoms with Gasteiger partial charge in [0.2, 0.25) is 5.91 Å². The number of nitrogens with zero attached hydrogens (tertiary/aromatic N) is 1. The number of halogens is 1. The van der Waals surface area contributed by atoms with Crippen LogP contribution in [0.25, 0.3) is 0 Å². The van der Waals surface area contributed by atoms with Crippen molar-refractivity contribution in [2.45, 2.75) is 12.5 Å². The maximum Gasteiger partial charge on any atom is 0.250 e. The summed E-state index contributed by atoms with van der Waals surface area (Å²) in [5.74, 6) is -0.177. The number of rotatable bonds is 5. The predicted molar refractivity (Wildman–Crippen MR) is 81.6 cm³/mol. The summed E-state index contributed by atoms with van der Waals surface area (Å²) in [6.07, 6.45) is 0. The van der Waals surface area contributed by atoms with Gasteiger partial charge in [0, 0.05) is 32.2 Å². The third kappa shape index (κ3) is 3.62. The molecule has 0 unspecified atom stereocenters. The molecule has 0 bridgehead atoms. The van der Waals surface area contributed by atoms with Crippen LogP contribution in [0.15, 0.2) is 18.2 Å². The summed E-state index contributed by atoms with van der Waals surface area (Å²) in [5, 5.41) is 6.55. The van der Waals surface area contributed by atoms with E-state index in [1.165, 1.54) is 0 Å². The van der Waals surface area contributed by atoms with Gasteiger partial charge in [0.25, 0.3) is 0 Å². The zero-order valence-corrected chi connectivity index (χ0v) is 12.8. The Balaban J connectivity index is 1.98. The third-order valence-electron chi connectivity index (χ3n) is 3.26. The molecule has 5 nitrogen and oxygen atoms in total. The Kier molecular flexibility index (Phi) is 4.52. The fraction of sp³-hybridized carbons (Fsp3) is 0.500. The summed E-state index contributed by atoms with van der Waals surface area (Å²) in [5.41, 5.74) is 1.36. The highest BCUT2D eigenvalue weighted by Crippen LogP contribution is 2.27. The fourth-order valence-electron chi connectivity index (χ4n) is 2.00. The highest BCUT2D eigenvalue weighted by atomic mass is 35.5. The minimum Gasteiger partial charge on any atom is -0.376 e. The van der Waals surface area contributed by atoms with Gasteiger partial charge >= 0.3 is 0 Å². The van der Waals surface area contributed by atoms with Gasteiger partial charge in [0.05, 0.1) is 17.0 Å². The molecule has 1 aromatic rings. The Morgan fingerprint density at radius 1 is 1.50 bits per heavy atom. The molecule has 0 radical (unpaired) electrons. The van der Waals surface area contributed by atoms with Gasteiger partial charge in [-0.3, -0.25) is 4.79 Å². The van der Waals surface area contributed by atoms with Gasteiger partial charge in [-0.2, -0.15) is 0 Å². The van der Waals surface area contributed by atoms with Crippen molar-refractivity contribution in [2.24, 2.45) is 0 Å². The smallest absolute Gasteiger partial charge is 0.250 e. The number of anilines is 2. The van der Waals surface area contributed by atoms with Gasteiger partial charge in [-0.05, 0) is 25.1 Å². The number of hydrogen-bond acceptors (Lipinski definition) is 4. The zero-order valence-electron chi connectivity index (χ0n) is 12.0. The van der Waals surface area contributed by atoms with E-state index in [1.54, 1.807) is 12.1 Å². The van der Waals surface area contributed by atoms with Gasteiger partial charge < -0.3 is 20.3 Å². The van der Waals surface area contributed by atoms with E-state index in [0.29, 0.717) is 10.7 Å². The fourth-order valence-corrected chi connectivity index (χ4v) is 2.18. The van der Waals surface area contributed by atoms with Crippen LogP contribution < -0.4 is 15.5 Å². The summed E-state index contributed by atoms with van der Waals surface area (Å²) in [7, 11) is 3.83. The molecule has 0 aromatic heterocycles. The second-order valence-corrected chi connectivity index (χ2v) is 5.88. The largest absolute Gasteiger partial charge is 0.376 e. The van der Waals surface area contributed by atoms with E-state index >= 15 is 0 Å². The number of amides is 1. The molecule has 6 heteroatoms. The van der Waals surface area contributed by atoms with Crippen LogP contribution in [0.4, 0.5) is 11.4 Å². The second-order valence-electron chi connectivity index (χ2n) is 5.45. The van der Waals surface area contributed by atoms with Crippen molar-refractivity contribution >= 4 is 28.9 Å². The molecule has 1 saturated heterocycles. The minimum absolute atomic E-state index is 0.0392. The first-order chi connectivity index (χ1) is 9.39. The lowest BCUT2D eigenvalue weighted by Crippen LogP contribution is -2.59. The molecule has 1 amide bonds. The molecule has 20 heavy (non-hydrogen) atoms. The molecule has 1 heterocycles. The second kappa shape index (κ2) is 5.99. The van der Waals surface area contributed by atoms with Crippen molar-refractivity contribution in [3.8, 4) is 0 Å². The average molecular weight is 298 g/mol. The quantitative estimate of drug-likeness (QED) is 0.869. The Bertz CT molecular complexity index is 501. The predicted octanol–water partition coefficient (Wildman–Crippen LogP) is 1.72. The Hall–Kier alpha value is -1.30. The standard InChI is InChI=1S/C14H20ClN3O2/c1-14(8-16-9-14)20-7-13(19)17-11-6-10(15)4-5-12(11)18(2)3/h4-6,16H,7-9H2,1-3H3,(H,17,19). The molecule has 110 valence electrons.